The van der Waals surface area contributed by atoms with Crippen molar-refractivity contribution in [3.05, 3.63) is 95.6 Å². The summed E-state index contributed by atoms with van der Waals surface area (Å²) in [4.78, 5) is 2.40. The lowest BCUT2D eigenvalue weighted by atomic mass is 9.76. The molecule has 4 nitrogen and oxygen atoms in total. The van der Waals surface area contributed by atoms with Gasteiger partial charge in [-0.2, -0.15) is 0 Å². The smallest absolute Gasteiger partial charge is 0.152 e. The second kappa shape index (κ2) is 10.4. The zero-order valence-corrected chi connectivity index (χ0v) is 19.4. The molecular formula is C29H33NO3. The van der Waals surface area contributed by atoms with Gasteiger partial charge < -0.3 is 14.2 Å². The molecule has 3 unspecified atom stereocenters. The minimum absolute atomic E-state index is 0.102. The van der Waals surface area contributed by atoms with E-state index in [1.165, 1.54) is 16.7 Å². The van der Waals surface area contributed by atoms with E-state index in [9.17, 15) is 0 Å². The van der Waals surface area contributed by atoms with Crippen LogP contribution in [0.15, 0.2) is 78.9 Å². The Balaban J connectivity index is 1.41. The van der Waals surface area contributed by atoms with Gasteiger partial charge in [0.25, 0.3) is 0 Å². The van der Waals surface area contributed by atoms with E-state index in [2.05, 4.69) is 90.7 Å². The topological polar surface area (TPSA) is 30.9 Å². The van der Waals surface area contributed by atoms with Gasteiger partial charge in [0.1, 0.15) is 11.5 Å². The Bertz CT molecular complexity index is 1010. The maximum absolute atomic E-state index is 6.46. The second-order valence-electron chi connectivity index (χ2n) is 8.92. The zero-order chi connectivity index (χ0) is 22.5. The highest BCUT2D eigenvalue weighted by Crippen LogP contribution is 2.46. The molecule has 2 aliphatic rings. The molecule has 3 aromatic carbocycles. The number of hydrogen-bond acceptors (Lipinski definition) is 4. The lowest BCUT2D eigenvalue weighted by Gasteiger charge is -2.35. The normalized spacial score (nSPS) is 21.6. The molecule has 2 heterocycles. The average Bonchev–Trinajstić information content (AvgIpc) is 2.89. The molecule has 0 spiro atoms. The summed E-state index contributed by atoms with van der Waals surface area (Å²) >= 11 is 0. The van der Waals surface area contributed by atoms with Crippen molar-refractivity contribution < 1.29 is 14.2 Å². The summed E-state index contributed by atoms with van der Waals surface area (Å²) < 4.78 is 18.2. The summed E-state index contributed by atoms with van der Waals surface area (Å²) in [6, 6.07) is 27.9. The molecule has 1 fully saturated rings. The summed E-state index contributed by atoms with van der Waals surface area (Å²) in [6.45, 7) is 6.32. The van der Waals surface area contributed by atoms with Crippen molar-refractivity contribution in [1.29, 1.82) is 0 Å². The zero-order valence-electron chi connectivity index (χ0n) is 19.4. The molecule has 0 aromatic heterocycles. The van der Waals surface area contributed by atoms with Crippen LogP contribution in [0.3, 0.4) is 0 Å². The van der Waals surface area contributed by atoms with Crippen LogP contribution in [0.5, 0.6) is 11.5 Å². The number of benzene rings is 3. The van der Waals surface area contributed by atoms with E-state index in [0.29, 0.717) is 6.61 Å². The molecule has 0 bridgehead atoms. The Morgan fingerprint density at radius 2 is 1.61 bits per heavy atom. The number of para-hydroxylation sites is 1. The summed E-state index contributed by atoms with van der Waals surface area (Å²) in [5.41, 5.74) is 3.86. The van der Waals surface area contributed by atoms with E-state index in [1.54, 1.807) is 0 Å². The van der Waals surface area contributed by atoms with Gasteiger partial charge in [0.2, 0.25) is 0 Å². The van der Waals surface area contributed by atoms with Crippen molar-refractivity contribution in [3.63, 3.8) is 0 Å². The molecule has 1 saturated heterocycles. The molecule has 33 heavy (non-hydrogen) atoms. The number of ether oxygens (including phenoxy) is 3. The van der Waals surface area contributed by atoms with E-state index >= 15 is 0 Å². The molecule has 5 rings (SSSR count). The first-order valence-corrected chi connectivity index (χ1v) is 12.2. The monoisotopic (exact) mass is 443 g/mol. The number of hydrogen-bond donors (Lipinski definition) is 0. The molecule has 172 valence electrons. The Kier molecular flexibility index (Phi) is 6.94. The largest absolute Gasteiger partial charge is 0.493 e. The lowest BCUT2D eigenvalue weighted by Crippen LogP contribution is -2.46. The fourth-order valence-electron chi connectivity index (χ4n) is 5.10. The fourth-order valence-corrected chi connectivity index (χ4v) is 5.10. The Labute approximate surface area is 197 Å². The van der Waals surface area contributed by atoms with Crippen LogP contribution in [0.25, 0.3) is 0 Å². The molecule has 4 heteroatoms. The highest BCUT2D eigenvalue weighted by Gasteiger charge is 2.33. The second-order valence-corrected chi connectivity index (χ2v) is 8.92. The highest BCUT2D eigenvalue weighted by atomic mass is 16.5. The van der Waals surface area contributed by atoms with Gasteiger partial charge in [-0.1, -0.05) is 74.0 Å². The number of nitrogens with zero attached hydrogens (tertiary/aromatic N) is 1. The van der Waals surface area contributed by atoms with Gasteiger partial charge in [-0.3, -0.25) is 4.90 Å². The fraction of sp³-hybridized carbons (Fsp3) is 0.379. The molecule has 3 aromatic rings. The molecule has 0 N–H and O–H groups in total. The predicted molar refractivity (Wildman–Crippen MR) is 131 cm³/mol. The summed E-state index contributed by atoms with van der Waals surface area (Å²) in [5.74, 6) is 2.44. The van der Waals surface area contributed by atoms with E-state index < -0.39 is 0 Å². The minimum atomic E-state index is 0.102. The van der Waals surface area contributed by atoms with Gasteiger partial charge >= 0.3 is 0 Å². The first-order valence-electron chi connectivity index (χ1n) is 12.2. The summed E-state index contributed by atoms with van der Waals surface area (Å²) in [6.07, 6.45) is 2.22. The molecule has 0 radical (unpaired) electrons. The maximum atomic E-state index is 6.46. The van der Waals surface area contributed by atoms with Crippen molar-refractivity contribution in [2.24, 2.45) is 0 Å². The van der Waals surface area contributed by atoms with E-state index in [4.69, 9.17) is 14.2 Å². The Morgan fingerprint density at radius 1 is 0.879 bits per heavy atom. The van der Waals surface area contributed by atoms with Crippen molar-refractivity contribution in [2.75, 3.05) is 32.9 Å². The van der Waals surface area contributed by atoms with Crippen molar-refractivity contribution >= 4 is 0 Å². The van der Waals surface area contributed by atoms with Crippen LogP contribution < -0.4 is 9.47 Å². The van der Waals surface area contributed by atoms with E-state index in [0.717, 1.165) is 50.6 Å². The minimum Gasteiger partial charge on any atom is -0.493 e. The van der Waals surface area contributed by atoms with Crippen LogP contribution in [0.4, 0.5) is 0 Å². The third-order valence-electron chi connectivity index (χ3n) is 6.80. The van der Waals surface area contributed by atoms with Crippen LogP contribution in [-0.2, 0) is 4.74 Å². The molecule has 2 aliphatic heterocycles. The van der Waals surface area contributed by atoms with Gasteiger partial charge in [-0.05, 0) is 35.7 Å². The van der Waals surface area contributed by atoms with Crippen molar-refractivity contribution in [1.82, 2.24) is 4.90 Å². The third kappa shape index (κ3) is 4.92. The third-order valence-corrected chi connectivity index (χ3v) is 6.80. The van der Waals surface area contributed by atoms with Gasteiger partial charge in [0.15, 0.2) is 6.23 Å². The van der Waals surface area contributed by atoms with Gasteiger partial charge in [-0.15, -0.1) is 0 Å². The molecule has 3 atom stereocenters. The average molecular weight is 444 g/mol. The lowest BCUT2D eigenvalue weighted by molar-refractivity contribution is -0.0490. The van der Waals surface area contributed by atoms with Crippen LogP contribution in [-0.4, -0.2) is 44.0 Å². The van der Waals surface area contributed by atoms with Gasteiger partial charge in [-0.25, -0.2) is 0 Å². The Hall–Kier alpha value is -2.82. The van der Waals surface area contributed by atoms with E-state index in [1.807, 2.05) is 0 Å². The molecular weight excluding hydrogens is 410 g/mol. The summed E-state index contributed by atoms with van der Waals surface area (Å²) in [7, 11) is 0. The van der Waals surface area contributed by atoms with Gasteiger partial charge in [0, 0.05) is 30.5 Å². The van der Waals surface area contributed by atoms with Crippen molar-refractivity contribution in [2.45, 2.75) is 37.8 Å². The Morgan fingerprint density at radius 3 is 2.36 bits per heavy atom. The first kappa shape index (κ1) is 22.0. The van der Waals surface area contributed by atoms with Crippen molar-refractivity contribution in [3.8, 4) is 11.5 Å². The van der Waals surface area contributed by atoms with Crippen LogP contribution >= 0.6 is 0 Å². The van der Waals surface area contributed by atoms with Crippen LogP contribution in [0.2, 0.25) is 0 Å². The molecule has 0 amide bonds. The molecule has 0 aliphatic carbocycles. The number of rotatable bonds is 7. The number of morpholine rings is 1. The summed E-state index contributed by atoms with van der Waals surface area (Å²) in [5, 5.41) is 0. The highest BCUT2D eigenvalue weighted by molar-refractivity contribution is 5.48. The predicted octanol–water partition coefficient (Wildman–Crippen LogP) is 5.83. The van der Waals surface area contributed by atoms with E-state index in [-0.39, 0.29) is 18.1 Å². The van der Waals surface area contributed by atoms with Gasteiger partial charge in [0.05, 0.1) is 19.8 Å². The van der Waals surface area contributed by atoms with Crippen LogP contribution in [0, 0.1) is 0 Å². The first-order chi connectivity index (χ1) is 16.3. The standard InChI is InChI=1S/C29H33NO3/c1-2-8-28(30-17-19-31-20-18-30)33-24-15-13-23(14-16-24)29-25-11-6-7-12-27(25)32-21-26(29)22-9-4-3-5-10-22/h3-7,9-16,26,28-29H,2,8,17-21H2,1H3. The maximum Gasteiger partial charge on any atom is 0.152 e. The van der Waals surface area contributed by atoms with Crippen LogP contribution in [0.1, 0.15) is 48.3 Å². The quantitative estimate of drug-likeness (QED) is 0.460. The molecule has 0 saturated carbocycles. The SMILES string of the molecule is CCCC(Oc1ccc(C2c3ccccc3OCC2c2ccccc2)cc1)N1CCOCC1. The number of fused-ring (bicyclic) bond motifs is 1.